The Kier molecular flexibility index (Phi) is 6.27. The first-order valence-corrected chi connectivity index (χ1v) is 8.87. The molecule has 3 aromatic carbocycles. The van der Waals surface area contributed by atoms with E-state index in [9.17, 15) is 14.7 Å². The topological polar surface area (TPSA) is 87.7 Å². The number of carbonyl (C=O) groups excluding carboxylic acids is 2. The van der Waals surface area contributed by atoms with Crippen molar-refractivity contribution in [2.24, 2.45) is 0 Å². The van der Waals surface area contributed by atoms with Crippen LogP contribution in [0.4, 0.5) is 5.69 Å². The summed E-state index contributed by atoms with van der Waals surface area (Å²) in [4.78, 5) is 25.4. The molecule has 3 N–H and O–H groups in total. The number of methoxy groups -OCH3 is 1. The SMILES string of the molecule is COc1ccc(/C=C(/NC(=O)c2ccccc2)C(=O)Nc2cccc(O)c2)cc1. The molecule has 3 rings (SSSR count). The van der Waals surface area contributed by atoms with E-state index in [2.05, 4.69) is 10.6 Å². The molecule has 0 heterocycles. The quantitative estimate of drug-likeness (QED) is 0.561. The van der Waals surface area contributed by atoms with Crippen molar-refractivity contribution >= 4 is 23.6 Å². The number of hydrogen-bond acceptors (Lipinski definition) is 4. The zero-order valence-electron chi connectivity index (χ0n) is 15.8. The Morgan fingerprint density at radius 2 is 1.66 bits per heavy atom. The lowest BCUT2D eigenvalue weighted by Crippen LogP contribution is -2.30. The van der Waals surface area contributed by atoms with Crippen molar-refractivity contribution in [1.82, 2.24) is 5.32 Å². The first kappa shape index (κ1) is 19.7. The summed E-state index contributed by atoms with van der Waals surface area (Å²) < 4.78 is 5.14. The number of benzene rings is 3. The Bertz CT molecular complexity index is 1030. The summed E-state index contributed by atoms with van der Waals surface area (Å²) in [5, 5.41) is 14.9. The number of amides is 2. The highest BCUT2D eigenvalue weighted by molar-refractivity contribution is 6.10. The third-order valence-electron chi connectivity index (χ3n) is 4.06. The molecule has 146 valence electrons. The summed E-state index contributed by atoms with van der Waals surface area (Å²) >= 11 is 0. The lowest BCUT2D eigenvalue weighted by molar-refractivity contribution is -0.113. The number of phenolic OH excluding ortho intramolecular Hbond substituents is 1. The van der Waals surface area contributed by atoms with Crippen LogP contribution in [-0.4, -0.2) is 24.0 Å². The van der Waals surface area contributed by atoms with E-state index in [-0.39, 0.29) is 11.4 Å². The fourth-order valence-electron chi connectivity index (χ4n) is 2.59. The maximum absolute atomic E-state index is 12.8. The van der Waals surface area contributed by atoms with E-state index >= 15 is 0 Å². The van der Waals surface area contributed by atoms with Gasteiger partial charge in [0.15, 0.2) is 0 Å². The first-order chi connectivity index (χ1) is 14.0. The number of aromatic hydroxyl groups is 1. The number of ether oxygens (including phenoxy) is 1. The van der Waals surface area contributed by atoms with Crippen molar-refractivity contribution in [2.75, 3.05) is 12.4 Å². The van der Waals surface area contributed by atoms with Gasteiger partial charge in [0.25, 0.3) is 11.8 Å². The zero-order chi connectivity index (χ0) is 20.6. The summed E-state index contributed by atoms with van der Waals surface area (Å²) in [6, 6.07) is 21.9. The lowest BCUT2D eigenvalue weighted by Gasteiger charge is -2.12. The predicted octanol–water partition coefficient (Wildman–Crippen LogP) is 3.81. The highest BCUT2D eigenvalue weighted by Gasteiger charge is 2.15. The normalized spacial score (nSPS) is 10.9. The number of anilines is 1. The van der Waals surface area contributed by atoms with Gasteiger partial charge in [0.05, 0.1) is 7.11 Å². The molecule has 2 amide bonds. The Labute approximate surface area is 168 Å². The Morgan fingerprint density at radius 1 is 0.931 bits per heavy atom. The average Bonchev–Trinajstić information content (AvgIpc) is 2.74. The number of rotatable bonds is 6. The van der Waals surface area contributed by atoms with Crippen LogP contribution < -0.4 is 15.4 Å². The van der Waals surface area contributed by atoms with Crippen LogP contribution in [0.5, 0.6) is 11.5 Å². The lowest BCUT2D eigenvalue weighted by atomic mass is 10.1. The van der Waals surface area contributed by atoms with E-state index in [1.807, 2.05) is 0 Å². The van der Waals surface area contributed by atoms with E-state index in [0.717, 1.165) is 0 Å². The highest BCUT2D eigenvalue weighted by Crippen LogP contribution is 2.18. The Hall–Kier alpha value is -4.06. The van der Waals surface area contributed by atoms with E-state index in [0.29, 0.717) is 22.6 Å². The fourth-order valence-corrected chi connectivity index (χ4v) is 2.59. The van der Waals surface area contributed by atoms with Gasteiger partial charge in [-0.05, 0) is 48.0 Å². The van der Waals surface area contributed by atoms with E-state index < -0.39 is 11.8 Å². The molecule has 0 aliphatic rings. The van der Waals surface area contributed by atoms with Crippen LogP contribution >= 0.6 is 0 Å². The second kappa shape index (κ2) is 9.23. The number of hydrogen-bond donors (Lipinski definition) is 3. The molecule has 0 aromatic heterocycles. The molecule has 0 atom stereocenters. The summed E-state index contributed by atoms with van der Waals surface area (Å²) in [6.07, 6.45) is 1.57. The van der Waals surface area contributed by atoms with Crippen LogP contribution in [0.2, 0.25) is 0 Å². The molecule has 3 aromatic rings. The number of phenols is 1. The van der Waals surface area contributed by atoms with Crippen molar-refractivity contribution in [3.63, 3.8) is 0 Å². The summed E-state index contributed by atoms with van der Waals surface area (Å²) in [5.41, 5.74) is 1.61. The summed E-state index contributed by atoms with van der Waals surface area (Å²) in [7, 11) is 1.57. The predicted molar refractivity (Wildman–Crippen MR) is 112 cm³/mol. The molecular weight excluding hydrogens is 368 g/mol. The molecule has 0 unspecified atom stereocenters. The van der Waals surface area contributed by atoms with Gasteiger partial charge in [0.1, 0.15) is 17.2 Å². The van der Waals surface area contributed by atoms with Gasteiger partial charge in [-0.1, -0.05) is 36.4 Å². The fraction of sp³-hybridized carbons (Fsp3) is 0.0435. The van der Waals surface area contributed by atoms with Gasteiger partial charge in [-0.3, -0.25) is 9.59 Å². The minimum absolute atomic E-state index is 0.0248. The molecule has 0 saturated heterocycles. The molecule has 0 saturated carbocycles. The van der Waals surface area contributed by atoms with Crippen LogP contribution in [-0.2, 0) is 4.79 Å². The smallest absolute Gasteiger partial charge is 0.272 e. The van der Waals surface area contributed by atoms with Gasteiger partial charge in [0, 0.05) is 17.3 Å². The molecular formula is C23H20N2O4. The van der Waals surface area contributed by atoms with Crippen molar-refractivity contribution in [3.8, 4) is 11.5 Å². The molecule has 6 heteroatoms. The average molecular weight is 388 g/mol. The molecule has 0 aliphatic carbocycles. The van der Waals surface area contributed by atoms with Crippen molar-refractivity contribution < 1.29 is 19.4 Å². The third kappa shape index (κ3) is 5.46. The molecule has 6 nitrogen and oxygen atoms in total. The molecule has 0 aliphatic heterocycles. The second-order valence-electron chi connectivity index (χ2n) is 6.16. The first-order valence-electron chi connectivity index (χ1n) is 8.87. The maximum atomic E-state index is 12.8. The van der Waals surface area contributed by atoms with Gasteiger partial charge in [0.2, 0.25) is 0 Å². The number of nitrogens with one attached hydrogen (secondary N) is 2. The Balaban J connectivity index is 1.88. The van der Waals surface area contributed by atoms with Crippen LogP contribution in [0.15, 0.2) is 84.6 Å². The third-order valence-corrected chi connectivity index (χ3v) is 4.06. The van der Waals surface area contributed by atoms with Crippen LogP contribution in [0, 0.1) is 0 Å². The van der Waals surface area contributed by atoms with Crippen LogP contribution in [0.25, 0.3) is 6.08 Å². The zero-order valence-corrected chi connectivity index (χ0v) is 15.8. The monoisotopic (exact) mass is 388 g/mol. The summed E-state index contributed by atoms with van der Waals surface area (Å²) in [5.74, 6) is -0.217. The highest BCUT2D eigenvalue weighted by atomic mass is 16.5. The largest absolute Gasteiger partial charge is 0.508 e. The van der Waals surface area contributed by atoms with E-state index in [4.69, 9.17) is 4.74 Å². The van der Waals surface area contributed by atoms with Gasteiger partial charge < -0.3 is 20.5 Å². The van der Waals surface area contributed by atoms with Crippen molar-refractivity contribution in [3.05, 3.63) is 95.7 Å². The van der Waals surface area contributed by atoms with E-state index in [1.54, 1.807) is 79.9 Å². The van der Waals surface area contributed by atoms with Crippen molar-refractivity contribution in [2.45, 2.75) is 0 Å². The van der Waals surface area contributed by atoms with Gasteiger partial charge in [-0.25, -0.2) is 0 Å². The molecule has 0 radical (unpaired) electrons. The van der Waals surface area contributed by atoms with Gasteiger partial charge in [-0.2, -0.15) is 0 Å². The van der Waals surface area contributed by atoms with Crippen molar-refractivity contribution in [1.29, 1.82) is 0 Å². The molecule has 29 heavy (non-hydrogen) atoms. The van der Waals surface area contributed by atoms with E-state index in [1.165, 1.54) is 12.1 Å². The minimum Gasteiger partial charge on any atom is -0.508 e. The van der Waals surface area contributed by atoms with Gasteiger partial charge >= 0.3 is 0 Å². The Morgan fingerprint density at radius 3 is 2.31 bits per heavy atom. The standard InChI is InChI=1S/C23H20N2O4/c1-29-20-12-10-16(11-13-20)14-21(25-22(27)17-6-3-2-4-7-17)23(28)24-18-8-5-9-19(26)15-18/h2-15,26H,1H3,(H,24,28)(H,25,27)/b21-14+. The van der Waals surface area contributed by atoms with Crippen LogP contribution in [0.1, 0.15) is 15.9 Å². The molecule has 0 fully saturated rings. The van der Waals surface area contributed by atoms with Gasteiger partial charge in [-0.15, -0.1) is 0 Å². The summed E-state index contributed by atoms with van der Waals surface area (Å²) in [6.45, 7) is 0. The molecule has 0 bridgehead atoms. The minimum atomic E-state index is -0.518. The second-order valence-corrected chi connectivity index (χ2v) is 6.16. The maximum Gasteiger partial charge on any atom is 0.272 e. The number of carbonyl (C=O) groups is 2. The van der Waals surface area contributed by atoms with Crippen LogP contribution in [0.3, 0.4) is 0 Å². The molecule has 0 spiro atoms.